The summed E-state index contributed by atoms with van der Waals surface area (Å²) >= 11 is 0. The van der Waals surface area contributed by atoms with Crippen molar-refractivity contribution in [2.45, 2.75) is 33.3 Å². The summed E-state index contributed by atoms with van der Waals surface area (Å²) < 4.78 is 6.95. The van der Waals surface area contributed by atoms with Crippen LogP contribution in [0.2, 0.25) is 0 Å². The molecular formula is C15H18N2O2. The maximum atomic E-state index is 11.9. The van der Waals surface area contributed by atoms with Gasteiger partial charge in [-0.1, -0.05) is 6.92 Å². The Morgan fingerprint density at radius 2 is 1.95 bits per heavy atom. The van der Waals surface area contributed by atoms with Crippen molar-refractivity contribution in [3.8, 4) is 11.4 Å². The summed E-state index contributed by atoms with van der Waals surface area (Å²) in [4.78, 5) is 11.9. The van der Waals surface area contributed by atoms with Gasteiger partial charge >= 0.3 is 0 Å². The van der Waals surface area contributed by atoms with Crippen LogP contribution < -0.4 is 10.3 Å². The van der Waals surface area contributed by atoms with E-state index in [1.165, 1.54) is 4.68 Å². The van der Waals surface area contributed by atoms with Crippen molar-refractivity contribution < 1.29 is 4.74 Å². The van der Waals surface area contributed by atoms with E-state index in [1.807, 2.05) is 45.0 Å². The van der Waals surface area contributed by atoms with Gasteiger partial charge < -0.3 is 4.74 Å². The first-order valence-electron chi connectivity index (χ1n) is 6.45. The first-order valence-corrected chi connectivity index (χ1v) is 6.45. The lowest BCUT2D eigenvalue weighted by atomic mass is 10.2. The van der Waals surface area contributed by atoms with Gasteiger partial charge in [0.05, 0.1) is 18.0 Å². The molecular weight excluding hydrogens is 240 g/mol. The second kappa shape index (κ2) is 5.69. The Kier molecular flexibility index (Phi) is 4.00. The molecule has 1 aromatic carbocycles. The van der Waals surface area contributed by atoms with E-state index < -0.39 is 0 Å². The van der Waals surface area contributed by atoms with E-state index in [4.69, 9.17) is 4.74 Å². The van der Waals surface area contributed by atoms with E-state index in [1.54, 1.807) is 12.3 Å². The van der Waals surface area contributed by atoms with E-state index in [-0.39, 0.29) is 11.7 Å². The first-order chi connectivity index (χ1) is 9.10. The van der Waals surface area contributed by atoms with Crippen LogP contribution in [0.5, 0.6) is 5.75 Å². The number of hydrogen-bond donors (Lipinski definition) is 0. The molecule has 19 heavy (non-hydrogen) atoms. The minimum atomic E-state index is -0.114. The lowest BCUT2D eigenvalue weighted by molar-refractivity contribution is 0.242. The third-order valence-electron chi connectivity index (χ3n) is 2.72. The van der Waals surface area contributed by atoms with Gasteiger partial charge in [0.25, 0.3) is 5.56 Å². The number of nitrogens with zero attached hydrogens (tertiary/aromatic N) is 2. The van der Waals surface area contributed by atoms with E-state index in [9.17, 15) is 4.79 Å². The van der Waals surface area contributed by atoms with Crippen LogP contribution in [-0.2, 0) is 6.42 Å². The molecule has 0 aliphatic heterocycles. The largest absolute Gasteiger partial charge is 0.491 e. The molecule has 0 saturated heterocycles. The summed E-state index contributed by atoms with van der Waals surface area (Å²) in [5.41, 5.74) is 1.57. The van der Waals surface area contributed by atoms with Crippen LogP contribution in [0, 0.1) is 0 Å². The van der Waals surface area contributed by atoms with Gasteiger partial charge in [0.15, 0.2) is 0 Å². The molecule has 0 N–H and O–H groups in total. The van der Waals surface area contributed by atoms with Crippen LogP contribution >= 0.6 is 0 Å². The average Bonchev–Trinajstić information content (AvgIpc) is 2.39. The maximum Gasteiger partial charge on any atom is 0.271 e. The first kappa shape index (κ1) is 13.3. The van der Waals surface area contributed by atoms with Gasteiger partial charge in [-0.25, -0.2) is 0 Å². The Morgan fingerprint density at radius 3 is 2.47 bits per heavy atom. The minimum absolute atomic E-state index is 0.114. The van der Waals surface area contributed by atoms with Crippen molar-refractivity contribution in [1.29, 1.82) is 0 Å². The fourth-order valence-corrected chi connectivity index (χ4v) is 1.77. The highest BCUT2D eigenvalue weighted by Crippen LogP contribution is 2.15. The van der Waals surface area contributed by atoms with Gasteiger partial charge in [0.1, 0.15) is 5.75 Å². The topological polar surface area (TPSA) is 44.1 Å². The Labute approximate surface area is 112 Å². The van der Waals surface area contributed by atoms with Crippen LogP contribution in [0.1, 0.15) is 26.3 Å². The molecule has 0 bridgehead atoms. The molecule has 4 heteroatoms. The van der Waals surface area contributed by atoms with Gasteiger partial charge in [-0.2, -0.15) is 9.78 Å². The average molecular weight is 258 g/mol. The second-order valence-corrected chi connectivity index (χ2v) is 4.63. The summed E-state index contributed by atoms with van der Waals surface area (Å²) in [7, 11) is 0. The van der Waals surface area contributed by atoms with E-state index in [0.717, 1.165) is 23.4 Å². The highest BCUT2D eigenvalue weighted by molar-refractivity contribution is 5.36. The lowest BCUT2D eigenvalue weighted by Gasteiger charge is -2.10. The zero-order valence-electron chi connectivity index (χ0n) is 11.5. The Hall–Kier alpha value is -2.10. The normalized spacial score (nSPS) is 10.7. The number of benzene rings is 1. The highest BCUT2D eigenvalue weighted by atomic mass is 16.5. The smallest absolute Gasteiger partial charge is 0.271 e. The molecule has 0 radical (unpaired) electrons. The third-order valence-corrected chi connectivity index (χ3v) is 2.72. The zero-order valence-corrected chi connectivity index (χ0v) is 11.5. The minimum Gasteiger partial charge on any atom is -0.491 e. The van der Waals surface area contributed by atoms with Gasteiger partial charge in [0, 0.05) is 6.07 Å². The van der Waals surface area contributed by atoms with Crippen molar-refractivity contribution in [3.05, 3.63) is 52.4 Å². The summed E-state index contributed by atoms with van der Waals surface area (Å²) in [6.07, 6.45) is 2.67. The molecule has 0 spiro atoms. The zero-order chi connectivity index (χ0) is 13.8. The monoisotopic (exact) mass is 258 g/mol. The van der Waals surface area contributed by atoms with E-state index >= 15 is 0 Å². The van der Waals surface area contributed by atoms with E-state index in [2.05, 4.69) is 5.10 Å². The van der Waals surface area contributed by atoms with Crippen LogP contribution in [0.3, 0.4) is 0 Å². The van der Waals surface area contributed by atoms with Crippen LogP contribution in [0.25, 0.3) is 5.69 Å². The molecule has 0 saturated carbocycles. The Bertz CT molecular complexity index is 600. The van der Waals surface area contributed by atoms with Crippen LogP contribution in [-0.4, -0.2) is 15.9 Å². The molecule has 0 atom stereocenters. The molecule has 1 aromatic heterocycles. The second-order valence-electron chi connectivity index (χ2n) is 4.63. The van der Waals surface area contributed by atoms with Crippen molar-refractivity contribution in [1.82, 2.24) is 9.78 Å². The Balaban J connectivity index is 2.29. The van der Waals surface area contributed by atoms with Crippen LogP contribution in [0.4, 0.5) is 0 Å². The van der Waals surface area contributed by atoms with Crippen molar-refractivity contribution in [2.75, 3.05) is 0 Å². The standard InChI is InChI=1S/C15H18N2O2/c1-4-12-9-15(18)17(16-10-12)13-5-7-14(8-6-13)19-11(2)3/h5-11H,4H2,1-3H3. The fraction of sp³-hybridized carbons (Fsp3) is 0.333. The molecule has 0 unspecified atom stereocenters. The highest BCUT2D eigenvalue weighted by Gasteiger charge is 2.03. The molecule has 1 heterocycles. The summed E-state index contributed by atoms with van der Waals surface area (Å²) in [6, 6.07) is 8.97. The molecule has 2 rings (SSSR count). The Morgan fingerprint density at radius 1 is 1.26 bits per heavy atom. The molecule has 2 aromatic rings. The van der Waals surface area contributed by atoms with Gasteiger partial charge in [-0.3, -0.25) is 4.79 Å². The van der Waals surface area contributed by atoms with Crippen molar-refractivity contribution in [2.24, 2.45) is 0 Å². The van der Waals surface area contributed by atoms with Gasteiger partial charge in [-0.05, 0) is 50.1 Å². The predicted octanol–water partition coefficient (Wildman–Crippen LogP) is 2.58. The summed E-state index contributed by atoms with van der Waals surface area (Å²) in [5.74, 6) is 0.789. The summed E-state index contributed by atoms with van der Waals surface area (Å²) in [6.45, 7) is 5.95. The number of aryl methyl sites for hydroxylation is 1. The van der Waals surface area contributed by atoms with Crippen molar-refractivity contribution >= 4 is 0 Å². The predicted molar refractivity (Wildman–Crippen MR) is 75.0 cm³/mol. The number of hydrogen-bond acceptors (Lipinski definition) is 3. The number of aromatic nitrogens is 2. The lowest BCUT2D eigenvalue weighted by Crippen LogP contribution is -2.20. The molecule has 0 aliphatic carbocycles. The van der Waals surface area contributed by atoms with Crippen LogP contribution in [0.15, 0.2) is 41.3 Å². The third kappa shape index (κ3) is 3.22. The molecule has 0 aliphatic rings. The number of ether oxygens (including phenoxy) is 1. The molecule has 4 nitrogen and oxygen atoms in total. The summed E-state index contributed by atoms with van der Waals surface area (Å²) in [5, 5.41) is 4.17. The molecule has 100 valence electrons. The molecule has 0 amide bonds. The fourth-order valence-electron chi connectivity index (χ4n) is 1.77. The quantitative estimate of drug-likeness (QED) is 0.846. The SMILES string of the molecule is CCc1cnn(-c2ccc(OC(C)C)cc2)c(=O)c1. The molecule has 0 fully saturated rings. The van der Waals surface area contributed by atoms with Gasteiger partial charge in [0.2, 0.25) is 0 Å². The number of rotatable bonds is 4. The van der Waals surface area contributed by atoms with Gasteiger partial charge in [-0.15, -0.1) is 0 Å². The van der Waals surface area contributed by atoms with Crippen molar-refractivity contribution in [3.63, 3.8) is 0 Å². The van der Waals surface area contributed by atoms with E-state index in [0.29, 0.717) is 0 Å². The maximum absolute atomic E-state index is 11.9.